The number of aliphatic hydroxyl groups excluding tert-OH is 7. The minimum atomic E-state index is -1.83. The second-order valence-corrected chi connectivity index (χ2v) is 21.2. The number of carbonyl (C=O) groups excluding carboxylic acids is 3. The molecule has 1 aliphatic heterocycles. The Balaban J connectivity index is 2.03. The molecule has 0 spiro atoms. The molecular formula is C46H74N8O16S2. The molecule has 1 heterocycles. The number of benzene rings is 2. The van der Waals surface area contributed by atoms with Gasteiger partial charge in [0, 0.05) is 29.4 Å². The van der Waals surface area contributed by atoms with Gasteiger partial charge in [-0.2, -0.15) is 0 Å². The molecule has 406 valence electrons. The predicted molar refractivity (Wildman–Crippen MR) is 266 cm³/mol. The third-order valence-electron chi connectivity index (χ3n) is 11.9. The van der Waals surface area contributed by atoms with Gasteiger partial charge < -0.3 is 72.5 Å². The second kappa shape index (κ2) is 30.7. The van der Waals surface area contributed by atoms with E-state index in [1.807, 2.05) is 0 Å². The van der Waals surface area contributed by atoms with Gasteiger partial charge in [0.25, 0.3) is 0 Å². The van der Waals surface area contributed by atoms with Crippen LogP contribution in [0.2, 0.25) is 0 Å². The van der Waals surface area contributed by atoms with E-state index in [9.17, 15) is 80.1 Å². The van der Waals surface area contributed by atoms with Gasteiger partial charge in [-0.05, 0) is 73.9 Å². The fourth-order valence-corrected chi connectivity index (χ4v) is 10.4. The minimum absolute atomic E-state index is 0.0114. The van der Waals surface area contributed by atoms with E-state index in [-0.39, 0.29) is 54.6 Å². The van der Waals surface area contributed by atoms with Crippen molar-refractivity contribution in [3.05, 3.63) is 59.7 Å². The molecule has 15 atom stereocenters. The number of carboxylic acids is 2. The standard InChI is InChI=1S/C46H74N8O16S2/c1-22(2)13-32(43(67)50-31(40(47)64)17-37(60)61)52-45(69)34-21-72-71-20-23(3)41(65)51-33(18-38(62)63)44(68)49-30(15-26-7-11-29(57)12-8-26)35(58)16-27(14-25-5-9-28(56)10-6-25)42(66)48-19-36(59)54-39(24(4)55)46(70)53-34/h5-12,22-24,27,30-35,39,41-44,46,48-51,53,55-58,65-68,70H,13-21H2,1-4H3,(H2,47,64)(H,52,69)(H,54,59)(H,60,61)(H,62,63)/t23-,24?,27+,30-,31-,32-,33-,34-,35-,39-,41+,42-,43-,44-,46-/m0/s1. The van der Waals surface area contributed by atoms with Gasteiger partial charge in [-0.15, -0.1) is 0 Å². The van der Waals surface area contributed by atoms with Crippen LogP contribution in [0.1, 0.15) is 64.5 Å². The van der Waals surface area contributed by atoms with Crippen LogP contribution in [0.4, 0.5) is 0 Å². The number of nitrogens with one attached hydrogen (secondary N) is 7. The van der Waals surface area contributed by atoms with Crippen molar-refractivity contribution in [2.75, 3.05) is 18.1 Å². The Kier molecular flexibility index (Phi) is 26.4. The summed E-state index contributed by atoms with van der Waals surface area (Å²) in [5, 5.41) is 138. The molecule has 2 aromatic rings. The molecule has 0 aliphatic carbocycles. The van der Waals surface area contributed by atoms with Crippen LogP contribution < -0.4 is 43.0 Å². The maximum atomic E-state index is 14.1. The van der Waals surface area contributed by atoms with E-state index >= 15 is 0 Å². The summed E-state index contributed by atoms with van der Waals surface area (Å²) in [6.07, 6.45) is -12.6. The zero-order chi connectivity index (χ0) is 53.8. The van der Waals surface area contributed by atoms with E-state index in [4.69, 9.17) is 5.73 Å². The normalized spacial score (nSPS) is 28.7. The van der Waals surface area contributed by atoms with E-state index in [0.717, 1.165) is 21.6 Å². The zero-order valence-electron chi connectivity index (χ0n) is 40.6. The van der Waals surface area contributed by atoms with Gasteiger partial charge in [-0.3, -0.25) is 50.6 Å². The first-order valence-corrected chi connectivity index (χ1v) is 26.0. The third kappa shape index (κ3) is 22.0. The van der Waals surface area contributed by atoms with Crippen LogP contribution in [-0.4, -0.2) is 183 Å². The molecule has 1 saturated heterocycles. The van der Waals surface area contributed by atoms with E-state index in [2.05, 4.69) is 37.2 Å². The molecule has 20 N–H and O–H groups in total. The number of hydrogen-bond acceptors (Lipinski definition) is 21. The minimum Gasteiger partial charge on any atom is -0.508 e. The summed E-state index contributed by atoms with van der Waals surface area (Å²) < 4.78 is 0. The van der Waals surface area contributed by atoms with Crippen LogP contribution in [0.15, 0.2) is 48.5 Å². The number of phenols is 2. The molecule has 3 amide bonds. The summed E-state index contributed by atoms with van der Waals surface area (Å²) in [6, 6.07) is 4.12. The summed E-state index contributed by atoms with van der Waals surface area (Å²) in [7, 11) is 2.25. The molecular weight excluding hydrogens is 985 g/mol. The highest BCUT2D eigenvalue weighted by Crippen LogP contribution is 2.27. The number of carboxylic acid groups (broad SMARTS) is 2. The number of amides is 3. The Morgan fingerprint density at radius 2 is 1.33 bits per heavy atom. The predicted octanol–water partition coefficient (Wildman–Crippen LogP) is -2.87. The van der Waals surface area contributed by atoms with Crippen LogP contribution >= 0.6 is 21.6 Å². The van der Waals surface area contributed by atoms with Gasteiger partial charge in [0.05, 0.1) is 61.8 Å². The van der Waals surface area contributed by atoms with E-state index in [1.54, 1.807) is 45.0 Å². The van der Waals surface area contributed by atoms with Gasteiger partial charge >= 0.3 is 11.9 Å². The number of aliphatic carboxylic acids is 2. The maximum Gasteiger partial charge on any atom is 0.305 e. The number of carbonyl (C=O) groups is 5. The number of hydrogen-bond donors (Lipinski definition) is 19. The molecule has 0 aromatic heterocycles. The lowest BCUT2D eigenvalue weighted by Crippen LogP contribution is -2.63. The third-order valence-corrected chi connectivity index (χ3v) is 14.5. The Morgan fingerprint density at radius 1 is 0.764 bits per heavy atom. The summed E-state index contributed by atoms with van der Waals surface area (Å²) in [5.74, 6) is -7.21. The lowest BCUT2D eigenvalue weighted by Gasteiger charge is -2.35. The Morgan fingerprint density at radius 3 is 1.88 bits per heavy atom. The lowest BCUT2D eigenvalue weighted by atomic mass is 9.87. The van der Waals surface area contributed by atoms with E-state index in [1.165, 1.54) is 31.2 Å². The van der Waals surface area contributed by atoms with Crippen molar-refractivity contribution >= 4 is 51.2 Å². The van der Waals surface area contributed by atoms with Crippen LogP contribution in [0.5, 0.6) is 11.5 Å². The number of aromatic hydroxyl groups is 2. The molecule has 26 heteroatoms. The van der Waals surface area contributed by atoms with Crippen LogP contribution in [0.25, 0.3) is 0 Å². The van der Waals surface area contributed by atoms with E-state index < -0.39 is 140 Å². The van der Waals surface area contributed by atoms with Gasteiger partial charge in [-0.1, -0.05) is 66.6 Å². The van der Waals surface area contributed by atoms with Crippen LogP contribution in [-0.2, 0) is 36.8 Å². The molecule has 3 rings (SSSR count). The zero-order valence-corrected chi connectivity index (χ0v) is 42.2. The largest absolute Gasteiger partial charge is 0.508 e. The van der Waals surface area contributed by atoms with Gasteiger partial charge in [0.1, 0.15) is 42.6 Å². The average Bonchev–Trinajstić information content (AvgIpc) is 3.29. The molecule has 0 bridgehead atoms. The van der Waals surface area contributed by atoms with Crippen molar-refractivity contribution < 1.29 is 80.1 Å². The summed E-state index contributed by atoms with van der Waals surface area (Å²) in [5.41, 5.74) is 6.57. The molecule has 2 aromatic carbocycles. The first kappa shape index (κ1) is 61.9. The van der Waals surface area contributed by atoms with Gasteiger partial charge in [-0.25, -0.2) is 0 Å². The molecule has 0 radical (unpaired) electrons. The smallest absolute Gasteiger partial charge is 0.305 e. The summed E-state index contributed by atoms with van der Waals surface area (Å²) in [6.45, 7) is 5.85. The van der Waals surface area contributed by atoms with Crippen LogP contribution in [0, 0.1) is 17.8 Å². The summed E-state index contributed by atoms with van der Waals surface area (Å²) in [4.78, 5) is 63.2. The average molecular weight is 1060 g/mol. The first-order chi connectivity index (χ1) is 33.8. The monoisotopic (exact) mass is 1060 g/mol. The number of rotatable bonds is 17. The Hall–Kier alpha value is -4.39. The number of primary amides is 1. The molecule has 0 saturated carbocycles. The van der Waals surface area contributed by atoms with E-state index in [0.29, 0.717) is 11.1 Å². The Bertz CT molecular complexity index is 2000. The van der Waals surface area contributed by atoms with Crippen molar-refractivity contribution in [1.29, 1.82) is 0 Å². The van der Waals surface area contributed by atoms with Crippen molar-refractivity contribution in [1.82, 2.24) is 37.2 Å². The highest BCUT2D eigenvalue weighted by Gasteiger charge is 2.36. The number of aliphatic hydroxyl groups is 7. The number of phenolic OH excluding ortho intramolecular Hbond substituents is 2. The summed E-state index contributed by atoms with van der Waals surface area (Å²) >= 11 is 0. The first-order valence-electron chi connectivity index (χ1n) is 23.5. The molecule has 24 nitrogen and oxygen atoms in total. The quantitative estimate of drug-likeness (QED) is 0.0559. The van der Waals surface area contributed by atoms with Crippen molar-refractivity contribution in [3.8, 4) is 11.5 Å². The highest BCUT2D eigenvalue weighted by molar-refractivity contribution is 8.76. The van der Waals surface area contributed by atoms with Crippen LogP contribution in [0.3, 0.4) is 0 Å². The fourth-order valence-electron chi connectivity index (χ4n) is 7.83. The lowest BCUT2D eigenvalue weighted by molar-refractivity contribution is -0.140. The highest BCUT2D eigenvalue weighted by atomic mass is 33.1. The molecule has 72 heavy (non-hydrogen) atoms. The van der Waals surface area contributed by atoms with Crippen molar-refractivity contribution in [2.24, 2.45) is 23.5 Å². The van der Waals surface area contributed by atoms with Gasteiger partial charge in [0.2, 0.25) is 17.7 Å². The SMILES string of the molecule is CC(C)C[C@H](NC(=O)[C@@H]1CSSC[C@H](C)[C@@H](O)N[C@@H](CC(=O)O)[C@H](O)N[C@@H](Cc2ccc(O)cc2)[C@@H](O)C[C@@H](Cc2ccc(O)cc2)[C@H](O)NCC(=O)N[C@@H](C(C)O)[C@H](O)N1)[C@H](O)N[C@@H](CC(=O)O)C(N)=O. The molecule has 1 fully saturated rings. The molecule has 1 aliphatic rings. The number of nitrogens with two attached hydrogens (primary N) is 1. The Labute approximate surface area is 425 Å². The second-order valence-electron chi connectivity index (χ2n) is 18.6. The fraction of sp³-hybridized carbons (Fsp3) is 0.630. The van der Waals surface area contributed by atoms with Crippen molar-refractivity contribution in [2.45, 2.75) is 146 Å². The molecule has 1 unspecified atom stereocenters. The van der Waals surface area contributed by atoms with Gasteiger partial charge in [0.15, 0.2) is 0 Å². The maximum absolute atomic E-state index is 14.1. The topological polar surface area (TPSA) is 418 Å². The van der Waals surface area contributed by atoms with Crippen molar-refractivity contribution in [3.63, 3.8) is 0 Å².